The van der Waals surface area contributed by atoms with Gasteiger partial charge in [-0.3, -0.25) is 0 Å². The van der Waals surface area contributed by atoms with E-state index in [0.717, 1.165) is 14.9 Å². The molecule has 146 valence electrons. The average molecular weight is 492 g/mol. The van der Waals surface area contributed by atoms with Gasteiger partial charge in [-0.05, 0) is 77.4 Å². The van der Waals surface area contributed by atoms with Crippen molar-refractivity contribution in [3.8, 4) is 17.2 Å². The fraction of sp³-hybridized carbons (Fsp3) is 0.250. The summed E-state index contributed by atoms with van der Waals surface area (Å²) in [5, 5.41) is 11.7. The second kappa shape index (κ2) is 9.54. The number of ether oxygens (including phenoxy) is 3. The molecule has 0 atom stereocenters. The van der Waals surface area contributed by atoms with Crippen LogP contribution in [0.5, 0.6) is 17.2 Å². The zero-order chi connectivity index (χ0) is 19.9. The second-order valence-corrected chi connectivity index (χ2v) is 7.23. The summed E-state index contributed by atoms with van der Waals surface area (Å²) < 4.78 is 19.6. The van der Waals surface area contributed by atoms with Crippen molar-refractivity contribution >= 4 is 28.8 Å². The maximum absolute atomic E-state index is 5.91. The summed E-state index contributed by atoms with van der Waals surface area (Å²) >= 11 is 2.22. The van der Waals surface area contributed by atoms with Gasteiger partial charge < -0.3 is 14.2 Å². The molecule has 7 nitrogen and oxygen atoms in total. The van der Waals surface area contributed by atoms with Gasteiger partial charge in [0.2, 0.25) is 0 Å². The summed E-state index contributed by atoms with van der Waals surface area (Å²) in [5.41, 5.74) is 3.34. The zero-order valence-electron chi connectivity index (χ0n) is 15.9. The number of aryl methyl sites for hydroxylation is 2. The van der Waals surface area contributed by atoms with Gasteiger partial charge in [-0.1, -0.05) is 6.07 Å². The van der Waals surface area contributed by atoms with E-state index in [1.807, 2.05) is 24.3 Å². The van der Waals surface area contributed by atoms with Crippen LogP contribution in [0.25, 0.3) is 0 Å². The molecular formula is C20H21IN4O3. The molecular weight excluding hydrogens is 471 g/mol. The SMILES string of the molecule is COc1cc(/C=N/n2cnnc2)cc(I)c1OCCOc1ccc(C)c(C)c1. The first-order valence-corrected chi connectivity index (χ1v) is 9.74. The van der Waals surface area contributed by atoms with Gasteiger partial charge in [-0.2, -0.15) is 5.10 Å². The van der Waals surface area contributed by atoms with Gasteiger partial charge in [0.1, 0.15) is 31.6 Å². The minimum absolute atomic E-state index is 0.410. The molecule has 0 N–H and O–H groups in total. The van der Waals surface area contributed by atoms with Crippen molar-refractivity contribution in [2.75, 3.05) is 20.3 Å². The lowest BCUT2D eigenvalue weighted by Gasteiger charge is -2.14. The van der Waals surface area contributed by atoms with Crippen LogP contribution in [0.4, 0.5) is 0 Å². The van der Waals surface area contributed by atoms with E-state index in [9.17, 15) is 0 Å². The molecule has 3 aromatic rings. The maximum Gasteiger partial charge on any atom is 0.174 e. The second-order valence-electron chi connectivity index (χ2n) is 6.06. The molecule has 2 aromatic carbocycles. The lowest BCUT2D eigenvalue weighted by atomic mass is 10.1. The molecule has 0 fully saturated rings. The highest BCUT2D eigenvalue weighted by Crippen LogP contribution is 2.33. The lowest BCUT2D eigenvalue weighted by molar-refractivity contribution is 0.210. The van der Waals surface area contributed by atoms with Crippen molar-refractivity contribution in [2.45, 2.75) is 13.8 Å². The van der Waals surface area contributed by atoms with Gasteiger partial charge in [0, 0.05) is 0 Å². The normalized spacial score (nSPS) is 11.0. The van der Waals surface area contributed by atoms with Crippen molar-refractivity contribution in [2.24, 2.45) is 5.10 Å². The van der Waals surface area contributed by atoms with Crippen molar-refractivity contribution in [3.05, 3.63) is 63.2 Å². The van der Waals surface area contributed by atoms with Crippen LogP contribution in [0.15, 0.2) is 48.1 Å². The molecule has 0 saturated carbocycles. The largest absolute Gasteiger partial charge is 0.493 e. The molecule has 8 heteroatoms. The minimum atomic E-state index is 0.410. The van der Waals surface area contributed by atoms with Crippen LogP contribution in [0, 0.1) is 17.4 Å². The quantitative estimate of drug-likeness (QED) is 0.272. The van der Waals surface area contributed by atoms with Crippen LogP contribution < -0.4 is 14.2 Å². The van der Waals surface area contributed by atoms with Crippen LogP contribution in [0.3, 0.4) is 0 Å². The Hall–Kier alpha value is -2.62. The molecule has 0 radical (unpaired) electrons. The molecule has 1 heterocycles. The Kier molecular flexibility index (Phi) is 6.85. The van der Waals surface area contributed by atoms with Crippen LogP contribution in [0.1, 0.15) is 16.7 Å². The van der Waals surface area contributed by atoms with E-state index in [1.54, 1.807) is 13.3 Å². The monoisotopic (exact) mass is 492 g/mol. The Morgan fingerprint density at radius 2 is 1.79 bits per heavy atom. The molecule has 0 aliphatic carbocycles. The predicted molar refractivity (Wildman–Crippen MR) is 116 cm³/mol. The van der Waals surface area contributed by atoms with Crippen LogP contribution in [-0.4, -0.2) is 41.4 Å². The van der Waals surface area contributed by atoms with Crippen molar-refractivity contribution in [3.63, 3.8) is 0 Å². The molecule has 0 unspecified atom stereocenters. The number of rotatable bonds is 8. The molecule has 0 aliphatic rings. The van der Waals surface area contributed by atoms with E-state index in [2.05, 4.69) is 57.8 Å². The summed E-state index contributed by atoms with van der Waals surface area (Å²) in [4.78, 5) is 0. The zero-order valence-corrected chi connectivity index (χ0v) is 18.1. The summed E-state index contributed by atoms with van der Waals surface area (Å²) in [6.07, 6.45) is 4.75. The summed E-state index contributed by atoms with van der Waals surface area (Å²) in [5.74, 6) is 2.17. The average Bonchev–Trinajstić information content (AvgIpc) is 3.20. The van der Waals surface area contributed by atoms with Gasteiger partial charge >= 0.3 is 0 Å². The van der Waals surface area contributed by atoms with E-state index in [1.165, 1.54) is 28.5 Å². The van der Waals surface area contributed by atoms with Gasteiger partial charge in [0.15, 0.2) is 11.5 Å². The highest BCUT2D eigenvalue weighted by atomic mass is 127. The highest BCUT2D eigenvalue weighted by molar-refractivity contribution is 14.1. The number of hydrogen-bond acceptors (Lipinski definition) is 6. The van der Waals surface area contributed by atoms with Crippen molar-refractivity contribution < 1.29 is 14.2 Å². The van der Waals surface area contributed by atoms with E-state index in [0.29, 0.717) is 24.7 Å². The Labute approximate surface area is 177 Å². The van der Waals surface area contributed by atoms with Gasteiger partial charge in [0.25, 0.3) is 0 Å². The smallest absolute Gasteiger partial charge is 0.174 e. The van der Waals surface area contributed by atoms with Crippen molar-refractivity contribution in [1.29, 1.82) is 0 Å². The molecule has 0 bridgehead atoms. The predicted octanol–water partition coefficient (Wildman–Crippen LogP) is 3.85. The van der Waals surface area contributed by atoms with Crippen LogP contribution in [-0.2, 0) is 0 Å². The molecule has 0 spiro atoms. The Balaban J connectivity index is 1.62. The van der Waals surface area contributed by atoms with E-state index in [4.69, 9.17) is 14.2 Å². The fourth-order valence-electron chi connectivity index (χ4n) is 2.45. The molecule has 0 amide bonds. The van der Waals surface area contributed by atoms with Crippen LogP contribution in [0.2, 0.25) is 0 Å². The molecule has 28 heavy (non-hydrogen) atoms. The molecule has 3 rings (SSSR count). The van der Waals surface area contributed by atoms with Gasteiger partial charge in [-0.25, -0.2) is 4.68 Å². The third-order valence-corrected chi connectivity index (χ3v) is 4.88. The summed E-state index contributed by atoms with van der Waals surface area (Å²) in [6, 6.07) is 9.89. The number of benzene rings is 2. The fourth-order valence-corrected chi connectivity index (χ4v) is 3.23. The number of hydrogen-bond donors (Lipinski definition) is 0. The Morgan fingerprint density at radius 1 is 1.04 bits per heavy atom. The first-order valence-electron chi connectivity index (χ1n) is 8.66. The minimum Gasteiger partial charge on any atom is -0.493 e. The van der Waals surface area contributed by atoms with Gasteiger partial charge in [0.05, 0.1) is 16.9 Å². The Bertz CT molecular complexity index is 958. The summed E-state index contributed by atoms with van der Waals surface area (Å²) in [6.45, 7) is 5.00. The highest BCUT2D eigenvalue weighted by Gasteiger charge is 2.11. The van der Waals surface area contributed by atoms with E-state index in [-0.39, 0.29) is 0 Å². The first-order chi connectivity index (χ1) is 13.6. The van der Waals surface area contributed by atoms with Crippen LogP contribution >= 0.6 is 22.6 Å². The summed E-state index contributed by atoms with van der Waals surface area (Å²) in [7, 11) is 1.62. The first kappa shape index (κ1) is 20.1. The Morgan fingerprint density at radius 3 is 2.50 bits per heavy atom. The third kappa shape index (κ3) is 5.22. The van der Waals surface area contributed by atoms with E-state index < -0.39 is 0 Å². The van der Waals surface area contributed by atoms with E-state index >= 15 is 0 Å². The number of methoxy groups -OCH3 is 1. The van der Waals surface area contributed by atoms with Crippen molar-refractivity contribution in [1.82, 2.24) is 14.9 Å². The topological polar surface area (TPSA) is 70.8 Å². The molecule has 1 aromatic heterocycles. The number of nitrogens with zero attached hydrogens (tertiary/aromatic N) is 4. The standard InChI is InChI=1S/C20H21IN4O3/c1-14-4-5-17(8-15(14)2)27-6-7-28-20-18(21)9-16(10-19(20)26-3)11-24-25-12-22-23-13-25/h4-5,8-13H,6-7H2,1-3H3/b24-11+. The number of halogens is 1. The maximum atomic E-state index is 5.91. The lowest BCUT2D eigenvalue weighted by Crippen LogP contribution is -2.10. The van der Waals surface area contributed by atoms with Gasteiger partial charge in [-0.15, -0.1) is 10.2 Å². The number of aromatic nitrogens is 3. The molecule has 0 aliphatic heterocycles. The third-order valence-electron chi connectivity index (χ3n) is 4.08. The molecule has 0 saturated heterocycles.